The molecular formula is C33H42ClN3O6. The van der Waals surface area contributed by atoms with Gasteiger partial charge in [-0.2, -0.15) is 0 Å². The summed E-state index contributed by atoms with van der Waals surface area (Å²) in [6.45, 7) is 9.85. The Kier molecular flexibility index (Phi) is 8.80. The van der Waals surface area contributed by atoms with Crippen molar-refractivity contribution in [2.24, 2.45) is 17.8 Å². The van der Waals surface area contributed by atoms with Gasteiger partial charge in [0.25, 0.3) is 0 Å². The highest BCUT2D eigenvalue weighted by molar-refractivity contribution is 6.34. The van der Waals surface area contributed by atoms with Gasteiger partial charge in [0.05, 0.1) is 47.4 Å². The number of aliphatic hydroxyl groups is 1. The van der Waals surface area contributed by atoms with E-state index < -0.39 is 41.0 Å². The molecule has 43 heavy (non-hydrogen) atoms. The Bertz CT molecular complexity index is 1360. The Labute approximate surface area is 258 Å². The van der Waals surface area contributed by atoms with E-state index in [9.17, 15) is 19.5 Å². The van der Waals surface area contributed by atoms with Crippen LogP contribution in [0.1, 0.15) is 58.9 Å². The van der Waals surface area contributed by atoms with Gasteiger partial charge < -0.3 is 30.1 Å². The number of para-hydroxylation sites is 1. The lowest BCUT2D eigenvalue weighted by molar-refractivity contribution is -0.149. The van der Waals surface area contributed by atoms with Crippen molar-refractivity contribution < 1.29 is 29.0 Å². The monoisotopic (exact) mass is 611 g/mol. The van der Waals surface area contributed by atoms with E-state index in [0.717, 1.165) is 5.56 Å². The van der Waals surface area contributed by atoms with Crippen molar-refractivity contribution in [3.63, 3.8) is 0 Å². The molecule has 0 aliphatic carbocycles. The van der Waals surface area contributed by atoms with Gasteiger partial charge in [-0.1, -0.05) is 50.9 Å². The van der Waals surface area contributed by atoms with Crippen molar-refractivity contribution in [1.29, 1.82) is 0 Å². The van der Waals surface area contributed by atoms with Gasteiger partial charge in [0, 0.05) is 5.69 Å². The van der Waals surface area contributed by atoms with Gasteiger partial charge in [-0.25, -0.2) is 0 Å². The number of nitrogens with one attached hydrogen (secondary N) is 2. The van der Waals surface area contributed by atoms with Crippen molar-refractivity contribution >= 4 is 40.7 Å². The van der Waals surface area contributed by atoms with E-state index in [1.807, 2.05) is 40.7 Å². The molecule has 3 fully saturated rings. The summed E-state index contributed by atoms with van der Waals surface area (Å²) in [5.74, 6) is -2.20. The number of ether oxygens (including phenoxy) is 2. The normalized spacial score (nSPS) is 28.9. The number of fused-ring (bicyclic) bond motifs is 1. The molecule has 3 heterocycles. The van der Waals surface area contributed by atoms with Crippen molar-refractivity contribution in [3.05, 3.63) is 53.1 Å². The van der Waals surface area contributed by atoms with Crippen LogP contribution in [0.3, 0.4) is 0 Å². The van der Waals surface area contributed by atoms with Gasteiger partial charge in [-0.3, -0.25) is 14.4 Å². The van der Waals surface area contributed by atoms with E-state index in [-0.39, 0.29) is 24.3 Å². The molecule has 2 unspecified atom stereocenters. The number of likely N-dealkylation sites (tertiary alicyclic amines) is 1. The van der Waals surface area contributed by atoms with E-state index in [1.165, 1.54) is 4.90 Å². The van der Waals surface area contributed by atoms with Gasteiger partial charge in [-0.05, 0) is 74.9 Å². The van der Waals surface area contributed by atoms with Gasteiger partial charge in [-0.15, -0.1) is 0 Å². The third-order valence-electron chi connectivity index (χ3n) is 9.90. The fraction of sp³-hybridized carbons (Fsp3) is 0.545. The first-order chi connectivity index (χ1) is 20.6. The number of hydrogen-bond donors (Lipinski definition) is 3. The first-order valence-corrected chi connectivity index (χ1v) is 15.7. The first-order valence-electron chi connectivity index (χ1n) is 15.3. The molecule has 2 bridgehead atoms. The summed E-state index contributed by atoms with van der Waals surface area (Å²) in [4.78, 5) is 44.5. The number of carbonyl (C=O) groups is 3. The molecule has 2 aromatic rings. The van der Waals surface area contributed by atoms with Crippen LogP contribution >= 0.6 is 11.6 Å². The zero-order valence-corrected chi connectivity index (χ0v) is 26.2. The molecule has 7 atom stereocenters. The number of nitrogens with zero attached hydrogens (tertiary/aromatic N) is 1. The molecule has 1 spiro atoms. The van der Waals surface area contributed by atoms with Crippen LogP contribution in [0.4, 0.5) is 11.4 Å². The molecule has 3 N–H and O–H groups in total. The lowest BCUT2D eigenvalue weighted by atomic mass is 9.65. The first kappa shape index (κ1) is 31.3. The lowest BCUT2D eigenvalue weighted by Gasteiger charge is -2.39. The van der Waals surface area contributed by atoms with E-state index in [4.69, 9.17) is 21.1 Å². The van der Waals surface area contributed by atoms with Crippen LogP contribution in [0.15, 0.2) is 42.5 Å². The molecule has 5 rings (SSSR count). The van der Waals surface area contributed by atoms with Gasteiger partial charge in [0.1, 0.15) is 17.4 Å². The number of carbonyl (C=O) groups excluding carboxylic acids is 3. The maximum absolute atomic E-state index is 14.6. The number of aliphatic hydroxyl groups excluding tert-OH is 1. The van der Waals surface area contributed by atoms with E-state index in [2.05, 4.69) is 10.6 Å². The summed E-state index contributed by atoms with van der Waals surface area (Å²) in [6.07, 6.45) is 2.17. The van der Waals surface area contributed by atoms with Crippen LogP contribution in [0.2, 0.25) is 5.02 Å². The summed E-state index contributed by atoms with van der Waals surface area (Å²) in [6, 6.07) is 10.8. The number of hydrogen-bond acceptors (Lipinski definition) is 6. The SMILES string of the molecule is CCOc1ccc(NC(=O)[C@@H]2[C@H]3C(=O)N([C@@H](CO)[C@@H](C)CC)C(C(=O)Nc4c(C)cccc4Cl)C34CC[C@@]2(CC)O4)cc1. The van der Waals surface area contributed by atoms with Crippen LogP contribution in [-0.2, 0) is 19.1 Å². The molecule has 3 aliphatic heterocycles. The van der Waals surface area contributed by atoms with Gasteiger partial charge >= 0.3 is 0 Å². The standard InChI is InChI=1S/C33H42ClN3O6/c1-6-19(4)24(18-38)37-28(30(40)36-27-20(5)10-9-11-23(27)34)33-17-16-32(7-2,43-33)25(26(33)31(37)41)29(39)35-21-12-14-22(15-13-21)42-8-3/h9-15,19,24-26,28,38H,6-8,16-18H2,1-5H3,(H,35,39)(H,36,40)/t19-,24-,25-,26-,28?,32+,33?/m0/s1. The zero-order valence-electron chi connectivity index (χ0n) is 25.5. The Morgan fingerprint density at radius 1 is 1.12 bits per heavy atom. The Hall–Kier alpha value is -3.14. The minimum Gasteiger partial charge on any atom is -0.494 e. The molecule has 0 saturated carbocycles. The Balaban J connectivity index is 1.56. The molecule has 3 aliphatic rings. The van der Waals surface area contributed by atoms with Crippen molar-refractivity contribution in [2.75, 3.05) is 23.8 Å². The predicted molar refractivity (Wildman–Crippen MR) is 165 cm³/mol. The summed E-state index contributed by atoms with van der Waals surface area (Å²) in [7, 11) is 0. The van der Waals surface area contributed by atoms with Crippen molar-refractivity contribution in [1.82, 2.24) is 4.90 Å². The zero-order chi connectivity index (χ0) is 31.1. The fourth-order valence-electron chi connectivity index (χ4n) is 7.53. The molecule has 2 aromatic carbocycles. The number of aryl methyl sites for hydroxylation is 1. The van der Waals surface area contributed by atoms with E-state index in [0.29, 0.717) is 54.4 Å². The second-order valence-corrected chi connectivity index (χ2v) is 12.5. The van der Waals surface area contributed by atoms with E-state index >= 15 is 0 Å². The van der Waals surface area contributed by atoms with Crippen molar-refractivity contribution in [3.8, 4) is 5.75 Å². The largest absolute Gasteiger partial charge is 0.494 e. The number of amides is 3. The second kappa shape index (κ2) is 12.1. The second-order valence-electron chi connectivity index (χ2n) is 12.1. The fourth-order valence-corrected chi connectivity index (χ4v) is 7.80. The molecule has 10 heteroatoms. The van der Waals surface area contributed by atoms with Crippen LogP contribution in [0.25, 0.3) is 0 Å². The summed E-state index contributed by atoms with van der Waals surface area (Å²) in [5, 5.41) is 16.9. The number of rotatable bonds is 11. The maximum atomic E-state index is 14.6. The highest BCUT2D eigenvalue weighted by Crippen LogP contribution is 2.65. The molecule has 3 saturated heterocycles. The van der Waals surface area contributed by atoms with Crippen molar-refractivity contribution in [2.45, 2.75) is 83.6 Å². The topological polar surface area (TPSA) is 117 Å². The smallest absolute Gasteiger partial charge is 0.250 e. The quantitative estimate of drug-likeness (QED) is 0.322. The molecule has 0 radical (unpaired) electrons. The van der Waals surface area contributed by atoms with Crippen LogP contribution in [0.5, 0.6) is 5.75 Å². The summed E-state index contributed by atoms with van der Waals surface area (Å²) < 4.78 is 12.4. The lowest BCUT2D eigenvalue weighted by Crippen LogP contribution is -2.57. The van der Waals surface area contributed by atoms with Gasteiger partial charge in [0.2, 0.25) is 17.7 Å². The minimum atomic E-state index is -1.23. The molecule has 9 nitrogen and oxygen atoms in total. The predicted octanol–water partition coefficient (Wildman–Crippen LogP) is 5.19. The summed E-state index contributed by atoms with van der Waals surface area (Å²) >= 11 is 6.48. The average molecular weight is 612 g/mol. The highest BCUT2D eigenvalue weighted by atomic mass is 35.5. The highest BCUT2D eigenvalue weighted by Gasteiger charge is 2.79. The Morgan fingerprint density at radius 3 is 2.44 bits per heavy atom. The summed E-state index contributed by atoms with van der Waals surface area (Å²) in [5.41, 5.74) is -0.302. The third-order valence-corrected chi connectivity index (χ3v) is 10.2. The Morgan fingerprint density at radius 2 is 1.84 bits per heavy atom. The molecule has 3 amide bonds. The molecule has 0 aromatic heterocycles. The number of halogens is 1. The van der Waals surface area contributed by atoms with Crippen LogP contribution in [0, 0.1) is 24.7 Å². The van der Waals surface area contributed by atoms with Crippen LogP contribution < -0.4 is 15.4 Å². The van der Waals surface area contributed by atoms with Crippen LogP contribution in [-0.4, -0.2) is 64.2 Å². The average Bonchev–Trinajstić information content (AvgIpc) is 3.60. The molecular weight excluding hydrogens is 570 g/mol. The number of benzene rings is 2. The van der Waals surface area contributed by atoms with Gasteiger partial charge in [0.15, 0.2) is 0 Å². The third kappa shape index (κ3) is 5.09. The number of anilines is 2. The maximum Gasteiger partial charge on any atom is 0.250 e. The minimum absolute atomic E-state index is 0.102. The van der Waals surface area contributed by atoms with E-state index in [1.54, 1.807) is 36.4 Å². The molecule has 232 valence electrons.